The fraction of sp³-hybridized carbons (Fsp3) is 0.591. The molecule has 0 saturated carbocycles. The Balaban J connectivity index is 1.49. The SMILES string of the molecule is CC(C)(C)OC(=O)N1CCN(CCCNC(=O)CCNC(=O)Nc2ccccc2)CC1. The highest BCUT2D eigenvalue weighted by molar-refractivity contribution is 5.89. The maximum absolute atomic E-state index is 12.1. The van der Waals surface area contributed by atoms with Crippen LogP contribution in [0.15, 0.2) is 30.3 Å². The van der Waals surface area contributed by atoms with Crippen molar-refractivity contribution in [2.75, 3.05) is 51.1 Å². The molecule has 2 rings (SSSR count). The zero-order valence-corrected chi connectivity index (χ0v) is 18.8. The van der Waals surface area contributed by atoms with Crippen molar-refractivity contribution in [2.45, 2.75) is 39.2 Å². The summed E-state index contributed by atoms with van der Waals surface area (Å²) in [5, 5.41) is 8.25. The van der Waals surface area contributed by atoms with E-state index in [4.69, 9.17) is 4.74 Å². The smallest absolute Gasteiger partial charge is 0.410 e. The number of para-hydroxylation sites is 1. The lowest BCUT2D eigenvalue weighted by Gasteiger charge is -2.35. The zero-order chi connectivity index (χ0) is 22.7. The number of nitrogens with zero attached hydrogens (tertiary/aromatic N) is 2. The third kappa shape index (κ3) is 10.2. The first-order valence-electron chi connectivity index (χ1n) is 10.8. The minimum atomic E-state index is -0.479. The summed E-state index contributed by atoms with van der Waals surface area (Å²) in [6.45, 7) is 10.2. The van der Waals surface area contributed by atoms with Crippen LogP contribution < -0.4 is 16.0 Å². The van der Waals surface area contributed by atoms with Gasteiger partial charge in [-0.1, -0.05) is 18.2 Å². The molecule has 1 saturated heterocycles. The highest BCUT2D eigenvalue weighted by Gasteiger charge is 2.25. The molecule has 1 aliphatic rings. The van der Waals surface area contributed by atoms with Gasteiger partial charge in [-0.05, 0) is 45.9 Å². The van der Waals surface area contributed by atoms with Crippen LogP contribution in [0.5, 0.6) is 0 Å². The second-order valence-corrected chi connectivity index (χ2v) is 8.51. The Morgan fingerprint density at radius 3 is 2.29 bits per heavy atom. The van der Waals surface area contributed by atoms with Crippen molar-refractivity contribution in [3.05, 3.63) is 30.3 Å². The number of carbonyl (C=O) groups is 3. The van der Waals surface area contributed by atoms with Crippen LogP contribution in [0.1, 0.15) is 33.6 Å². The summed E-state index contributed by atoms with van der Waals surface area (Å²) >= 11 is 0. The fourth-order valence-electron chi connectivity index (χ4n) is 3.09. The molecule has 1 aromatic rings. The molecule has 172 valence electrons. The van der Waals surface area contributed by atoms with Crippen LogP contribution in [-0.4, -0.2) is 79.2 Å². The Labute approximate surface area is 184 Å². The highest BCUT2D eigenvalue weighted by Crippen LogP contribution is 2.12. The Hall–Kier alpha value is -2.81. The summed E-state index contributed by atoms with van der Waals surface area (Å²) in [5.41, 5.74) is 0.226. The summed E-state index contributed by atoms with van der Waals surface area (Å²) in [7, 11) is 0. The Morgan fingerprint density at radius 2 is 1.65 bits per heavy atom. The normalized spacial score (nSPS) is 14.6. The summed E-state index contributed by atoms with van der Waals surface area (Å²) in [5.74, 6) is -0.0882. The number of benzene rings is 1. The highest BCUT2D eigenvalue weighted by atomic mass is 16.6. The van der Waals surface area contributed by atoms with Crippen molar-refractivity contribution in [1.82, 2.24) is 20.4 Å². The quantitative estimate of drug-likeness (QED) is 0.546. The second-order valence-electron chi connectivity index (χ2n) is 8.51. The first-order chi connectivity index (χ1) is 14.7. The van der Waals surface area contributed by atoms with E-state index in [0.29, 0.717) is 25.3 Å². The van der Waals surface area contributed by atoms with Gasteiger partial charge < -0.3 is 25.6 Å². The van der Waals surface area contributed by atoms with Crippen LogP contribution in [0.3, 0.4) is 0 Å². The Morgan fingerprint density at radius 1 is 0.968 bits per heavy atom. The van der Waals surface area contributed by atoms with Crippen molar-refractivity contribution in [3.63, 3.8) is 0 Å². The molecule has 0 unspecified atom stereocenters. The average Bonchev–Trinajstić information content (AvgIpc) is 2.71. The summed E-state index contributed by atoms with van der Waals surface area (Å²) in [6.07, 6.45) is 0.808. The van der Waals surface area contributed by atoms with Crippen LogP contribution in [0.4, 0.5) is 15.3 Å². The van der Waals surface area contributed by atoms with Gasteiger partial charge in [-0.3, -0.25) is 9.69 Å². The van der Waals surface area contributed by atoms with Gasteiger partial charge in [-0.2, -0.15) is 0 Å². The van der Waals surface area contributed by atoms with Gasteiger partial charge in [0.15, 0.2) is 0 Å². The van der Waals surface area contributed by atoms with Gasteiger partial charge in [-0.25, -0.2) is 9.59 Å². The van der Waals surface area contributed by atoms with Gasteiger partial charge in [0, 0.05) is 51.4 Å². The molecule has 9 nitrogen and oxygen atoms in total. The van der Waals surface area contributed by atoms with Crippen molar-refractivity contribution in [3.8, 4) is 0 Å². The van der Waals surface area contributed by atoms with Gasteiger partial charge in [0.05, 0.1) is 0 Å². The maximum Gasteiger partial charge on any atom is 0.410 e. The number of piperazine rings is 1. The lowest BCUT2D eigenvalue weighted by atomic mass is 10.2. The molecule has 0 radical (unpaired) electrons. The monoisotopic (exact) mass is 433 g/mol. The molecule has 1 aromatic carbocycles. The maximum atomic E-state index is 12.1. The van der Waals surface area contributed by atoms with E-state index in [-0.39, 0.29) is 31.0 Å². The molecule has 0 bridgehead atoms. The predicted octanol–water partition coefficient (Wildman–Crippen LogP) is 2.26. The topological polar surface area (TPSA) is 103 Å². The number of nitrogens with one attached hydrogen (secondary N) is 3. The van der Waals surface area contributed by atoms with E-state index in [1.807, 2.05) is 39.0 Å². The number of anilines is 1. The third-order valence-electron chi connectivity index (χ3n) is 4.67. The van der Waals surface area contributed by atoms with Crippen LogP contribution in [-0.2, 0) is 9.53 Å². The van der Waals surface area contributed by atoms with E-state index in [1.54, 1.807) is 17.0 Å². The van der Waals surface area contributed by atoms with Crippen LogP contribution in [0, 0.1) is 0 Å². The molecule has 1 fully saturated rings. The van der Waals surface area contributed by atoms with E-state index in [9.17, 15) is 14.4 Å². The second kappa shape index (κ2) is 12.1. The molecule has 9 heteroatoms. The number of rotatable bonds is 8. The Kier molecular flexibility index (Phi) is 9.58. The zero-order valence-electron chi connectivity index (χ0n) is 18.8. The molecule has 0 aliphatic carbocycles. The van der Waals surface area contributed by atoms with E-state index < -0.39 is 5.60 Å². The number of amides is 4. The largest absolute Gasteiger partial charge is 0.444 e. The van der Waals surface area contributed by atoms with E-state index in [2.05, 4.69) is 20.9 Å². The molecule has 31 heavy (non-hydrogen) atoms. The number of ether oxygens (including phenoxy) is 1. The predicted molar refractivity (Wildman–Crippen MR) is 120 cm³/mol. The van der Waals surface area contributed by atoms with Crippen LogP contribution in [0.25, 0.3) is 0 Å². The number of hydrogen-bond donors (Lipinski definition) is 3. The van der Waals surface area contributed by atoms with E-state index >= 15 is 0 Å². The fourth-order valence-corrected chi connectivity index (χ4v) is 3.09. The molecular formula is C22H35N5O4. The summed E-state index contributed by atoms with van der Waals surface area (Å²) < 4.78 is 5.40. The number of hydrogen-bond acceptors (Lipinski definition) is 5. The van der Waals surface area contributed by atoms with Crippen LogP contribution in [0.2, 0.25) is 0 Å². The standard InChI is InChI=1S/C22H35N5O4/c1-22(2,3)31-21(30)27-16-14-26(15-17-27)13-7-11-23-19(28)10-12-24-20(29)25-18-8-5-4-6-9-18/h4-6,8-9H,7,10-17H2,1-3H3,(H,23,28)(H2,24,25,29). The van der Waals surface area contributed by atoms with Gasteiger partial charge in [0.2, 0.25) is 5.91 Å². The summed E-state index contributed by atoms with van der Waals surface area (Å²) in [6, 6.07) is 8.81. The molecule has 0 spiro atoms. The van der Waals surface area contributed by atoms with Crippen molar-refractivity contribution < 1.29 is 19.1 Å². The van der Waals surface area contributed by atoms with Crippen molar-refractivity contribution in [1.29, 1.82) is 0 Å². The molecular weight excluding hydrogens is 398 g/mol. The van der Waals surface area contributed by atoms with E-state index in [1.165, 1.54) is 0 Å². The molecule has 0 aromatic heterocycles. The average molecular weight is 434 g/mol. The first kappa shape index (κ1) is 24.5. The van der Waals surface area contributed by atoms with Gasteiger partial charge >= 0.3 is 12.1 Å². The lowest BCUT2D eigenvalue weighted by molar-refractivity contribution is -0.120. The lowest BCUT2D eigenvalue weighted by Crippen LogP contribution is -2.50. The van der Waals surface area contributed by atoms with Crippen LogP contribution >= 0.6 is 0 Å². The van der Waals surface area contributed by atoms with Crippen molar-refractivity contribution in [2.24, 2.45) is 0 Å². The molecule has 0 atom stereocenters. The number of carbonyl (C=O) groups excluding carboxylic acids is 3. The first-order valence-corrected chi connectivity index (χ1v) is 10.8. The Bertz CT molecular complexity index is 712. The summed E-state index contributed by atoms with van der Waals surface area (Å²) in [4.78, 5) is 39.8. The molecule has 3 N–H and O–H groups in total. The van der Waals surface area contributed by atoms with E-state index in [0.717, 1.165) is 26.1 Å². The minimum Gasteiger partial charge on any atom is -0.444 e. The molecule has 1 heterocycles. The van der Waals surface area contributed by atoms with Gasteiger partial charge in [0.1, 0.15) is 5.60 Å². The van der Waals surface area contributed by atoms with Gasteiger partial charge in [0.25, 0.3) is 0 Å². The minimum absolute atomic E-state index is 0.0882. The molecule has 1 aliphatic heterocycles. The van der Waals surface area contributed by atoms with Crippen molar-refractivity contribution >= 4 is 23.7 Å². The van der Waals surface area contributed by atoms with Gasteiger partial charge in [-0.15, -0.1) is 0 Å². The third-order valence-corrected chi connectivity index (χ3v) is 4.67. The molecule has 4 amide bonds. The number of urea groups is 1.